The Labute approximate surface area is 194 Å². The van der Waals surface area contributed by atoms with Gasteiger partial charge in [0, 0.05) is 11.6 Å². The highest BCUT2D eigenvalue weighted by molar-refractivity contribution is 7.20. The van der Waals surface area contributed by atoms with Gasteiger partial charge in [0.2, 0.25) is 0 Å². The van der Waals surface area contributed by atoms with Crippen LogP contribution in [0.1, 0.15) is 11.1 Å². The fourth-order valence-electron chi connectivity index (χ4n) is 3.76. The van der Waals surface area contributed by atoms with Gasteiger partial charge in [-0.3, -0.25) is 10.1 Å². The zero-order valence-corrected chi connectivity index (χ0v) is 18.3. The van der Waals surface area contributed by atoms with E-state index < -0.39 is 29.1 Å². The van der Waals surface area contributed by atoms with Crippen molar-refractivity contribution in [3.63, 3.8) is 0 Å². The Bertz CT molecular complexity index is 1430. The van der Waals surface area contributed by atoms with E-state index in [9.17, 15) is 32.8 Å². The largest absolute Gasteiger partial charge is 0.506 e. The molecule has 0 aliphatic rings. The Morgan fingerprint density at radius 1 is 1.15 bits per heavy atom. The number of methoxy groups -OCH3 is 1. The highest BCUT2D eigenvalue weighted by Gasteiger charge is 2.31. The number of hydrogen-bond donors (Lipinski definition) is 2. The van der Waals surface area contributed by atoms with Crippen molar-refractivity contribution in [2.24, 2.45) is 0 Å². The SMILES string of the molecule is COc1cc(-c2sc(N)c(-c3cccc(C(F)(F)F)c3)c2O)c2cc(CF)cc([N+](=O)[O-])c2c1. The number of aromatic hydroxyl groups is 1. The number of nitro benzene ring substituents is 1. The summed E-state index contributed by atoms with van der Waals surface area (Å²) in [4.78, 5) is 11.1. The summed E-state index contributed by atoms with van der Waals surface area (Å²) in [6.45, 7) is -0.962. The summed E-state index contributed by atoms with van der Waals surface area (Å²) < 4.78 is 58.3. The highest BCUT2D eigenvalue weighted by atomic mass is 32.1. The van der Waals surface area contributed by atoms with Gasteiger partial charge in [-0.25, -0.2) is 4.39 Å². The highest BCUT2D eigenvalue weighted by Crippen LogP contribution is 2.52. The maximum atomic E-state index is 13.5. The van der Waals surface area contributed by atoms with Crippen LogP contribution in [0.4, 0.5) is 28.3 Å². The van der Waals surface area contributed by atoms with Crippen molar-refractivity contribution in [3.8, 4) is 33.1 Å². The Hall–Kier alpha value is -3.86. The van der Waals surface area contributed by atoms with Gasteiger partial charge in [-0.2, -0.15) is 13.2 Å². The smallest absolute Gasteiger partial charge is 0.416 e. The third kappa shape index (κ3) is 3.98. The molecule has 0 amide bonds. The number of benzene rings is 3. The van der Waals surface area contributed by atoms with Gasteiger partial charge in [0.1, 0.15) is 18.2 Å². The molecule has 0 saturated heterocycles. The molecule has 4 aromatic rings. The quantitative estimate of drug-likeness (QED) is 0.179. The summed E-state index contributed by atoms with van der Waals surface area (Å²) in [5.74, 6) is -0.171. The molecule has 3 N–H and O–H groups in total. The van der Waals surface area contributed by atoms with Crippen molar-refractivity contribution in [1.29, 1.82) is 0 Å². The van der Waals surface area contributed by atoms with Crippen molar-refractivity contribution >= 4 is 32.8 Å². The standard InChI is InChI=1S/C23H16F4N2O4S/c1-33-14-8-16-15(5-11(10-24)6-18(16)29(31)32)17(9-14)21-20(30)19(22(28)34-21)12-3-2-4-13(7-12)23(25,26)27/h2-9,30H,10,28H2,1H3. The second-order valence-corrected chi connectivity index (χ2v) is 8.43. The number of non-ortho nitro benzene ring substituents is 1. The van der Waals surface area contributed by atoms with Crippen molar-refractivity contribution < 1.29 is 32.3 Å². The second-order valence-electron chi connectivity index (χ2n) is 7.37. The molecule has 1 heterocycles. The number of nitrogen functional groups attached to an aromatic ring is 1. The summed E-state index contributed by atoms with van der Waals surface area (Å²) in [7, 11) is 1.35. The Balaban J connectivity index is 2.01. The molecule has 0 unspecified atom stereocenters. The predicted octanol–water partition coefficient (Wildman–Crippen LogP) is 6.93. The maximum absolute atomic E-state index is 13.5. The van der Waals surface area contributed by atoms with Crippen LogP contribution in [0.15, 0.2) is 48.5 Å². The summed E-state index contributed by atoms with van der Waals surface area (Å²) in [5, 5.41) is 23.1. The monoisotopic (exact) mass is 492 g/mol. The molecule has 6 nitrogen and oxygen atoms in total. The summed E-state index contributed by atoms with van der Waals surface area (Å²) in [5.41, 5.74) is 5.19. The van der Waals surface area contributed by atoms with Crippen LogP contribution in [0.2, 0.25) is 0 Å². The van der Waals surface area contributed by atoms with Gasteiger partial charge in [-0.05, 0) is 46.8 Å². The fraction of sp³-hybridized carbons (Fsp3) is 0.130. The van der Waals surface area contributed by atoms with Crippen LogP contribution < -0.4 is 10.5 Å². The van der Waals surface area contributed by atoms with Gasteiger partial charge in [-0.15, -0.1) is 11.3 Å². The van der Waals surface area contributed by atoms with E-state index in [2.05, 4.69) is 0 Å². The number of ether oxygens (including phenoxy) is 1. The Morgan fingerprint density at radius 3 is 2.50 bits per heavy atom. The normalized spacial score (nSPS) is 11.7. The van der Waals surface area contributed by atoms with E-state index in [0.29, 0.717) is 0 Å². The summed E-state index contributed by atoms with van der Waals surface area (Å²) >= 11 is 0.891. The third-order valence-corrected chi connectivity index (χ3v) is 6.34. The van der Waals surface area contributed by atoms with Gasteiger partial charge in [0.25, 0.3) is 5.69 Å². The van der Waals surface area contributed by atoms with Crippen LogP contribution in [-0.4, -0.2) is 17.1 Å². The average Bonchev–Trinajstić information content (AvgIpc) is 3.10. The zero-order valence-electron chi connectivity index (χ0n) is 17.4. The molecule has 11 heteroatoms. The first-order chi connectivity index (χ1) is 16.0. The van der Waals surface area contributed by atoms with Crippen LogP contribution in [0, 0.1) is 10.1 Å². The number of hydrogen-bond acceptors (Lipinski definition) is 6. The van der Waals surface area contributed by atoms with Gasteiger partial charge >= 0.3 is 6.18 Å². The number of rotatable bonds is 5. The van der Waals surface area contributed by atoms with Crippen molar-refractivity contribution in [1.82, 2.24) is 0 Å². The number of nitrogens with two attached hydrogens (primary N) is 1. The molecule has 34 heavy (non-hydrogen) atoms. The molecule has 176 valence electrons. The molecule has 0 fully saturated rings. The zero-order chi connectivity index (χ0) is 24.8. The summed E-state index contributed by atoms with van der Waals surface area (Å²) in [6, 6.07) is 9.79. The number of nitrogens with zero attached hydrogens (tertiary/aromatic N) is 1. The minimum atomic E-state index is -4.59. The van der Waals surface area contributed by atoms with Crippen LogP contribution in [0.25, 0.3) is 32.3 Å². The number of alkyl halides is 4. The van der Waals surface area contributed by atoms with Crippen molar-refractivity contribution in [3.05, 3.63) is 69.8 Å². The summed E-state index contributed by atoms with van der Waals surface area (Å²) in [6.07, 6.45) is -4.59. The number of halogens is 4. The van der Waals surface area contributed by atoms with Crippen LogP contribution in [0.5, 0.6) is 11.5 Å². The molecule has 4 rings (SSSR count). The van der Waals surface area contributed by atoms with E-state index in [1.54, 1.807) is 0 Å². The van der Waals surface area contributed by atoms with E-state index >= 15 is 0 Å². The number of nitro groups is 1. The van der Waals surface area contributed by atoms with Gasteiger partial charge < -0.3 is 15.6 Å². The minimum Gasteiger partial charge on any atom is -0.506 e. The minimum absolute atomic E-state index is 0.00165. The number of thiophene rings is 1. The van der Waals surface area contributed by atoms with Gasteiger partial charge in [-0.1, -0.05) is 12.1 Å². The Morgan fingerprint density at radius 2 is 1.88 bits per heavy atom. The first-order valence-corrected chi connectivity index (χ1v) is 10.5. The molecule has 0 aliphatic heterocycles. The maximum Gasteiger partial charge on any atom is 0.416 e. The topological polar surface area (TPSA) is 98.6 Å². The number of fused-ring (bicyclic) bond motifs is 1. The number of anilines is 1. The predicted molar refractivity (Wildman–Crippen MR) is 122 cm³/mol. The second kappa shape index (κ2) is 8.49. The molecule has 3 aromatic carbocycles. The van der Waals surface area contributed by atoms with E-state index in [-0.39, 0.29) is 54.3 Å². The molecular weight excluding hydrogens is 476 g/mol. The lowest BCUT2D eigenvalue weighted by atomic mass is 9.97. The van der Waals surface area contributed by atoms with E-state index in [1.807, 2.05) is 0 Å². The van der Waals surface area contributed by atoms with Gasteiger partial charge in [0.15, 0.2) is 0 Å². The molecular formula is C23H16F4N2O4S. The van der Waals surface area contributed by atoms with Crippen LogP contribution in [-0.2, 0) is 12.9 Å². The lowest BCUT2D eigenvalue weighted by molar-refractivity contribution is -0.383. The lowest BCUT2D eigenvalue weighted by Gasteiger charge is -2.11. The van der Waals surface area contributed by atoms with E-state index in [0.717, 1.165) is 29.5 Å². The molecule has 0 bridgehead atoms. The molecule has 0 aliphatic carbocycles. The van der Waals surface area contributed by atoms with Crippen molar-refractivity contribution in [2.75, 3.05) is 12.8 Å². The first-order valence-electron chi connectivity index (χ1n) is 9.69. The fourth-order valence-corrected chi connectivity index (χ4v) is 4.77. The third-order valence-electron chi connectivity index (χ3n) is 5.30. The molecule has 0 spiro atoms. The Kier molecular flexibility index (Phi) is 5.82. The van der Waals surface area contributed by atoms with Crippen molar-refractivity contribution in [2.45, 2.75) is 12.9 Å². The van der Waals surface area contributed by atoms with E-state index in [1.165, 1.54) is 37.4 Å². The first kappa shape index (κ1) is 23.3. The molecule has 0 atom stereocenters. The lowest BCUT2D eigenvalue weighted by Crippen LogP contribution is -2.04. The van der Waals surface area contributed by atoms with Gasteiger partial charge in [0.05, 0.1) is 38.4 Å². The average molecular weight is 492 g/mol. The van der Waals surface area contributed by atoms with Crippen LogP contribution >= 0.6 is 11.3 Å². The molecule has 0 saturated carbocycles. The molecule has 1 aromatic heterocycles. The molecule has 0 radical (unpaired) electrons. The van der Waals surface area contributed by atoms with Crippen LogP contribution in [0.3, 0.4) is 0 Å². The van der Waals surface area contributed by atoms with E-state index in [4.69, 9.17) is 10.5 Å².